The lowest BCUT2D eigenvalue weighted by Crippen LogP contribution is -1.98. The third-order valence-corrected chi connectivity index (χ3v) is 2.38. The van der Waals surface area contributed by atoms with Crippen LogP contribution in [0.5, 0.6) is 0 Å². The van der Waals surface area contributed by atoms with Gasteiger partial charge in [0.15, 0.2) is 5.01 Å². The Balaban J connectivity index is 0.000000980. The predicted octanol–water partition coefficient (Wildman–Crippen LogP) is 1.85. The van der Waals surface area contributed by atoms with E-state index in [1.807, 2.05) is 12.1 Å². The highest BCUT2D eigenvalue weighted by Gasteiger charge is 2.09. The molecule has 0 spiro atoms. The van der Waals surface area contributed by atoms with E-state index < -0.39 is 0 Å². The minimum atomic E-state index is 0. The largest absolute Gasteiger partial charge is 0.870 e. The van der Waals surface area contributed by atoms with Crippen molar-refractivity contribution < 1.29 is 10.6 Å². The predicted molar refractivity (Wildman–Crippen MR) is 51.5 cm³/mol. The van der Waals surface area contributed by atoms with Gasteiger partial charge >= 0.3 is 0 Å². The van der Waals surface area contributed by atoms with Crippen LogP contribution in [0.3, 0.4) is 0 Å². The average Bonchev–Trinajstić information content (AvgIpc) is 2.70. The van der Waals surface area contributed by atoms with Crippen LogP contribution in [0, 0.1) is 4.91 Å². The average molecular weight is 209 g/mol. The van der Waals surface area contributed by atoms with E-state index >= 15 is 0 Å². The first-order chi connectivity index (χ1) is 6.42. The smallest absolute Gasteiger partial charge is 0.250 e. The van der Waals surface area contributed by atoms with Crippen LogP contribution in [0.15, 0.2) is 35.0 Å². The molecule has 0 fully saturated rings. The molecule has 0 amide bonds. The molecular formula is C8H7N3O2S. The maximum Gasteiger partial charge on any atom is 0.250 e. The zero-order chi connectivity index (χ0) is 9.10. The van der Waals surface area contributed by atoms with Gasteiger partial charge in [-0.1, -0.05) is 17.2 Å². The number of aromatic nitrogens is 2. The summed E-state index contributed by atoms with van der Waals surface area (Å²) in [5, 5.41) is 10.4. The van der Waals surface area contributed by atoms with E-state index in [0.717, 1.165) is 10.6 Å². The first-order valence-corrected chi connectivity index (χ1v) is 4.54. The molecule has 0 saturated heterocycles. The maximum atomic E-state index is 10.4. The molecule has 0 aliphatic rings. The highest BCUT2D eigenvalue weighted by atomic mass is 32.1. The van der Waals surface area contributed by atoms with Gasteiger partial charge in [-0.2, -0.15) is 0 Å². The summed E-state index contributed by atoms with van der Waals surface area (Å²) in [5.74, 6) is 0. The molecule has 72 valence electrons. The number of nitrogens with zero attached hydrogens (tertiary/aromatic N) is 2. The molecule has 14 heavy (non-hydrogen) atoms. The number of nitroso groups, excluding NO2 is 1. The van der Waals surface area contributed by atoms with E-state index in [-0.39, 0.29) is 5.48 Å². The second kappa shape index (κ2) is 4.54. The van der Waals surface area contributed by atoms with Gasteiger partial charge in [-0.3, -0.25) is 0 Å². The Labute approximate surface area is 83.7 Å². The number of rotatable bonds is 2. The second-order valence-corrected chi connectivity index (χ2v) is 3.25. The Morgan fingerprint density at radius 1 is 1.36 bits per heavy atom. The Hall–Kier alpha value is -1.66. The third kappa shape index (κ3) is 1.81. The van der Waals surface area contributed by atoms with Crippen molar-refractivity contribution in [1.29, 1.82) is 0 Å². The van der Waals surface area contributed by atoms with Crippen LogP contribution in [0.2, 0.25) is 0 Å². The van der Waals surface area contributed by atoms with E-state index in [1.165, 1.54) is 11.3 Å². The molecular weight excluding hydrogens is 202 g/mol. The van der Waals surface area contributed by atoms with Crippen LogP contribution in [0.4, 0.5) is 5.69 Å². The topological polar surface area (TPSA) is 86.5 Å². The van der Waals surface area contributed by atoms with Gasteiger partial charge < -0.3 is 5.48 Å². The first-order valence-electron chi connectivity index (χ1n) is 3.66. The zero-order valence-corrected chi connectivity index (χ0v) is 7.86. The van der Waals surface area contributed by atoms with Gasteiger partial charge in [-0.15, -0.1) is 4.91 Å². The van der Waals surface area contributed by atoms with Crippen LogP contribution >= 0.6 is 11.3 Å². The number of nitrogens with one attached hydrogen (secondary N) is 1. The summed E-state index contributed by atoms with van der Waals surface area (Å²) in [6, 6.07) is 7.12. The Morgan fingerprint density at radius 2 is 2.14 bits per heavy atom. The van der Waals surface area contributed by atoms with E-state index in [9.17, 15) is 4.91 Å². The van der Waals surface area contributed by atoms with Crippen molar-refractivity contribution in [3.8, 4) is 10.6 Å². The van der Waals surface area contributed by atoms with Gasteiger partial charge in [0.05, 0.1) is 0 Å². The molecule has 1 aromatic heterocycles. The van der Waals surface area contributed by atoms with Crippen molar-refractivity contribution in [2.45, 2.75) is 0 Å². The SMILES string of the molecule is O=Nc1ccccc1-c1n[nH+]cs1.[OH-]. The minimum Gasteiger partial charge on any atom is -0.870 e. The van der Waals surface area contributed by atoms with E-state index in [4.69, 9.17) is 0 Å². The molecule has 0 bridgehead atoms. The Morgan fingerprint density at radius 3 is 2.79 bits per heavy atom. The van der Waals surface area contributed by atoms with Crippen LogP contribution in [-0.2, 0) is 0 Å². The lowest BCUT2D eigenvalue weighted by atomic mass is 10.2. The van der Waals surface area contributed by atoms with Crippen LogP contribution in [0.1, 0.15) is 0 Å². The summed E-state index contributed by atoms with van der Waals surface area (Å²) in [6.45, 7) is 0. The van der Waals surface area contributed by atoms with Crippen LogP contribution in [-0.4, -0.2) is 10.6 Å². The standard InChI is InChI=1S/C8H5N3OS.H2O/c12-11-7-4-2-1-3-6(7)8-10-9-5-13-8;/h1-5H;1H2. The number of hydrogen-bond acceptors (Lipinski definition) is 5. The van der Waals surface area contributed by atoms with Crippen molar-refractivity contribution in [2.75, 3.05) is 0 Å². The molecule has 2 aromatic rings. The van der Waals surface area contributed by atoms with E-state index in [0.29, 0.717) is 5.69 Å². The van der Waals surface area contributed by atoms with E-state index in [1.54, 1.807) is 17.6 Å². The first kappa shape index (κ1) is 10.4. The number of aromatic amines is 1. The molecule has 5 nitrogen and oxygen atoms in total. The molecule has 0 unspecified atom stereocenters. The summed E-state index contributed by atoms with van der Waals surface area (Å²) in [5.41, 5.74) is 2.94. The summed E-state index contributed by atoms with van der Waals surface area (Å²) < 4.78 is 0. The quantitative estimate of drug-likeness (QED) is 0.707. The number of benzene rings is 1. The second-order valence-electron chi connectivity index (χ2n) is 2.39. The number of H-pyrrole nitrogens is 1. The maximum absolute atomic E-state index is 10.4. The summed E-state index contributed by atoms with van der Waals surface area (Å²) in [6.07, 6.45) is 0. The fourth-order valence-corrected chi connectivity index (χ4v) is 1.67. The van der Waals surface area contributed by atoms with Gasteiger partial charge in [-0.05, 0) is 28.6 Å². The highest BCUT2D eigenvalue weighted by molar-refractivity contribution is 7.12. The third-order valence-electron chi connectivity index (χ3n) is 1.62. The molecule has 0 aliphatic carbocycles. The fourth-order valence-electron chi connectivity index (χ4n) is 1.05. The molecule has 0 saturated carbocycles. The van der Waals surface area contributed by atoms with Crippen molar-refractivity contribution in [3.63, 3.8) is 0 Å². The van der Waals surface area contributed by atoms with Crippen molar-refractivity contribution in [1.82, 2.24) is 5.10 Å². The van der Waals surface area contributed by atoms with Crippen molar-refractivity contribution >= 4 is 17.0 Å². The van der Waals surface area contributed by atoms with Crippen molar-refractivity contribution in [3.05, 3.63) is 34.7 Å². The van der Waals surface area contributed by atoms with Gasteiger partial charge in [0.2, 0.25) is 0 Å². The molecule has 2 N–H and O–H groups in total. The molecule has 6 heteroatoms. The van der Waals surface area contributed by atoms with Crippen LogP contribution in [0.25, 0.3) is 10.6 Å². The lowest BCUT2D eigenvalue weighted by Gasteiger charge is -1.94. The van der Waals surface area contributed by atoms with Gasteiger partial charge in [0.25, 0.3) is 5.51 Å². The van der Waals surface area contributed by atoms with Gasteiger partial charge in [-0.25, -0.2) is 0 Å². The summed E-state index contributed by atoms with van der Waals surface area (Å²) in [4.78, 5) is 10.4. The fraction of sp³-hybridized carbons (Fsp3) is 0. The van der Waals surface area contributed by atoms with Gasteiger partial charge in [0, 0.05) is 10.7 Å². The van der Waals surface area contributed by atoms with Crippen LogP contribution < -0.4 is 5.10 Å². The highest BCUT2D eigenvalue weighted by Crippen LogP contribution is 2.29. The molecule has 1 aromatic carbocycles. The Kier molecular flexibility index (Phi) is 3.38. The van der Waals surface area contributed by atoms with Gasteiger partial charge in [0.1, 0.15) is 5.69 Å². The van der Waals surface area contributed by atoms with E-state index in [2.05, 4.69) is 15.4 Å². The van der Waals surface area contributed by atoms with Crippen molar-refractivity contribution in [2.24, 2.45) is 5.18 Å². The number of hydrogen-bond donors (Lipinski definition) is 0. The molecule has 2 rings (SSSR count). The molecule has 0 aliphatic heterocycles. The minimum absolute atomic E-state index is 0. The summed E-state index contributed by atoms with van der Waals surface area (Å²) >= 11 is 1.44. The molecule has 0 radical (unpaired) electrons. The normalized spacial score (nSPS) is 9.14. The summed E-state index contributed by atoms with van der Waals surface area (Å²) in [7, 11) is 0. The monoisotopic (exact) mass is 209 g/mol. The molecule has 1 heterocycles. The Bertz CT molecular complexity index is 416. The molecule has 0 atom stereocenters. The lowest BCUT2D eigenvalue weighted by molar-refractivity contribution is -0.446. The zero-order valence-electron chi connectivity index (χ0n) is 7.04.